The highest BCUT2D eigenvalue weighted by atomic mass is 16.5. The lowest BCUT2D eigenvalue weighted by atomic mass is 10.2. The number of nitrogens with zero attached hydrogens (tertiary/aromatic N) is 1. The van der Waals surface area contributed by atoms with Gasteiger partial charge in [0.05, 0.1) is 6.34 Å². The van der Waals surface area contributed by atoms with Crippen molar-refractivity contribution in [2.24, 2.45) is 4.99 Å². The summed E-state index contributed by atoms with van der Waals surface area (Å²) in [7, 11) is 1.72. The molecular formula is C9H17N3O. The third kappa shape index (κ3) is 3.57. The molecule has 0 aliphatic carbocycles. The highest BCUT2D eigenvalue weighted by Crippen LogP contribution is 2.01. The lowest BCUT2D eigenvalue weighted by molar-refractivity contribution is 0.193. The summed E-state index contributed by atoms with van der Waals surface area (Å²) in [4.78, 5) is 3.99. The lowest BCUT2D eigenvalue weighted by Crippen LogP contribution is -2.44. The predicted octanol–water partition coefficient (Wildman–Crippen LogP) is 0.474. The maximum absolute atomic E-state index is 4.96. The van der Waals surface area contributed by atoms with Crippen LogP contribution in [0.5, 0.6) is 0 Å². The largest absolute Gasteiger partial charge is 0.385 e. The van der Waals surface area contributed by atoms with Crippen LogP contribution in [0, 0.1) is 0 Å². The maximum atomic E-state index is 4.96. The first-order chi connectivity index (χ1) is 6.34. The van der Waals surface area contributed by atoms with Crippen molar-refractivity contribution in [3.63, 3.8) is 0 Å². The third-order valence-electron chi connectivity index (χ3n) is 1.92. The maximum Gasteiger partial charge on any atom is 0.101 e. The van der Waals surface area contributed by atoms with Crippen LogP contribution in [-0.4, -0.2) is 32.8 Å². The normalized spacial score (nSPS) is 21.1. The molecule has 0 saturated heterocycles. The van der Waals surface area contributed by atoms with Gasteiger partial charge in [0.1, 0.15) is 6.17 Å². The van der Waals surface area contributed by atoms with Crippen molar-refractivity contribution < 1.29 is 4.74 Å². The summed E-state index contributed by atoms with van der Waals surface area (Å²) in [5.41, 5.74) is 1.21. The molecule has 0 aromatic carbocycles. The molecule has 0 spiro atoms. The smallest absolute Gasteiger partial charge is 0.101 e. The van der Waals surface area contributed by atoms with Gasteiger partial charge in [-0.3, -0.25) is 5.32 Å². The second kappa shape index (κ2) is 5.72. The van der Waals surface area contributed by atoms with E-state index >= 15 is 0 Å². The molecule has 1 heterocycles. The molecule has 0 aromatic rings. The minimum absolute atomic E-state index is 0.231. The summed E-state index contributed by atoms with van der Waals surface area (Å²) < 4.78 is 4.96. The minimum atomic E-state index is 0.231. The number of methoxy groups -OCH3 is 1. The molecule has 4 heteroatoms. The number of nitrogens with one attached hydrogen (secondary N) is 2. The average Bonchev–Trinajstić information content (AvgIpc) is 2.15. The molecule has 1 aliphatic heterocycles. The Balaban J connectivity index is 2.15. The standard InChI is InChI=1S/C9H17N3O/c1-8-6-10-7-12-9(8)11-4-3-5-13-2/h6-7,9,11H,3-5H2,1-2H3,(H,10,12). The van der Waals surface area contributed by atoms with Crippen molar-refractivity contribution in [3.8, 4) is 0 Å². The minimum Gasteiger partial charge on any atom is -0.385 e. The highest BCUT2D eigenvalue weighted by molar-refractivity contribution is 5.58. The Morgan fingerprint density at radius 1 is 1.69 bits per heavy atom. The molecule has 0 radical (unpaired) electrons. The molecule has 1 atom stereocenters. The molecule has 1 aliphatic rings. The van der Waals surface area contributed by atoms with E-state index in [1.807, 2.05) is 6.20 Å². The number of hydrogen-bond acceptors (Lipinski definition) is 4. The lowest BCUT2D eigenvalue weighted by Gasteiger charge is -2.21. The van der Waals surface area contributed by atoms with E-state index < -0.39 is 0 Å². The molecule has 74 valence electrons. The molecule has 1 unspecified atom stereocenters. The van der Waals surface area contributed by atoms with Gasteiger partial charge in [0.15, 0.2) is 0 Å². The monoisotopic (exact) mass is 183 g/mol. The fourth-order valence-electron chi connectivity index (χ4n) is 1.16. The van der Waals surface area contributed by atoms with Crippen LogP contribution in [0.1, 0.15) is 13.3 Å². The predicted molar refractivity (Wildman–Crippen MR) is 53.7 cm³/mol. The van der Waals surface area contributed by atoms with E-state index in [1.54, 1.807) is 13.4 Å². The molecule has 2 N–H and O–H groups in total. The number of aliphatic imine (C=N–C) groups is 1. The zero-order valence-corrected chi connectivity index (χ0v) is 8.21. The molecule has 4 nitrogen and oxygen atoms in total. The van der Waals surface area contributed by atoms with E-state index in [9.17, 15) is 0 Å². The Hall–Kier alpha value is -0.870. The Labute approximate surface area is 79.1 Å². The molecular weight excluding hydrogens is 166 g/mol. The van der Waals surface area contributed by atoms with Crippen molar-refractivity contribution in [1.29, 1.82) is 0 Å². The third-order valence-corrected chi connectivity index (χ3v) is 1.92. The van der Waals surface area contributed by atoms with Crippen LogP contribution in [0.4, 0.5) is 0 Å². The first-order valence-corrected chi connectivity index (χ1v) is 4.51. The van der Waals surface area contributed by atoms with Gasteiger partial charge in [0, 0.05) is 19.9 Å². The SMILES string of the molecule is COCCCNC1NC=NC=C1C. The van der Waals surface area contributed by atoms with Crippen LogP contribution >= 0.6 is 0 Å². The van der Waals surface area contributed by atoms with Gasteiger partial charge in [-0.2, -0.15) is 0 Å². The van der Waals surface area contributed by atoms with Crippen molar-refractivity contribution in [1.82, 2.24) is 10.6 Å². The summed E-state index contributed by atoms with van der Waals surface area (Å²) in [6.07, 6.45) is 4.83. The summed E-state index contributed by atoms with van der Waals surface area (Å²) in [6.45, 7) is 3.80. The summed E-state index contributed by atoms with van der Waals surface area (Å²) in [5, 5.41) is 6.49. The molecule has 0 aromatic heterocycles. The van der Waals surface area contributed by atoms with Gasteiger partial charge < -0.3 is 10.1 Å². The fourth-order valence-corrected chi connectivity index (χ4v) is 1.16. The first kappa shape index (κ1) is 10.2. The van der Waals surface area contributed by atoms with Gasteiger partial charge in [-0.05, 0) is 25.5 Å². The van der Waals surface area contributed by atoms with Gasteiger partial charge in [0.2, 0.25) is 0 Å². The van der Waals surface area contributed by atoms with Crippen LogP contribution in [0.25, 0.3) is 0 Å². The highest BCUT2D eigenvalue weighted by Gasteiger charge is 2.09. The average molecular weight is 183 g/mol. The van der Waals surface area contributed by atoms with E-state index in [-0.39, 0.29) is 6.17 Å². The molecule has 13 heavy (non-hydrogen) atoms. The Bertz CT molecular complexity index is 201. The van der Waals surface area contributed by atoms with Gasteiger partial charge in [-0.15, -0.1) is 0 Å². The molecule has 0 amide bonds. The van der Waals surface area contributed by atoms with Gasteiger partial charge in [0.25, 0.3) is 0 Å². The van der Waals surface area contributed by atoms with Crippen LogP contribution in [0.3, 0.4) is 0 Å². The van der Waals surface area contributed by atoms with Crippen LogP contribution in [0.2, 0.25) is 0 Å². The molecule has 1 rings (SSSR count). The van der Waals surface area contributed by atoms with E-state index in [0.717, 1.165) is 19.6 Å². The van der Waals surface area contributed by atoms with E-state index in [2.05, 4.69) is 22.5 Å². The summed E-state index contributed by atoms with van der Waals surface area (Å²) in [6, 6.07) is 0. The zero-order chi connectivity index (χ0) is 9.52. The van der Waals surface area contributed by atoms with Crippen molar-refractivity contribution >= 4 is 6.34 Å². The summed E-state index contributed by atoms with van der Waals surface area (Å²) in [5.74, 6) is 0. The van der Waals surface area contributed by atoms with E-state index in [4.69, 9.17) is 4.74 Å². The van der Waals surface area contributed by atoms with E-state index in [0.29, 0.717) is 0 Å². The van der Waals surface area contributed by atoms with Crippen molar-refractivity contribution in [2.45, 2.75) is 19.5 Å². The van der Waals surface area contributed by atoms with Gasteiger partial charge >= 0.3 is 0 Å². The number of rotatable bonds is 5. The van der Waals surface area contributed by atoms with Crippen LogP contribution < -0.4 is 10.6 Å². The molecule has 0 saturated carbocycles. The second-order valence-electron chi connectivity index (χ2n) is 3.05. The Kier molecular flexibility index (Phi) is 4.49. The first-order valence-electron chi connectivity index (χ1n) is 4.51. The topological polar surface area (TPSA) is 45.6 Å². The summed E-state index contributed by atoms with van der Waals surface area (Å²) >= 11 is 0. The Morgan fingerprint density at radius 3 is 3.23 bits per heavy atom. The molecule has 0 bridgehead atoms. The van der Waals surface area contributed by atoms with E-state index in [1.165, 1.54) is 5.57 Å². The molecule has 0 fully saturated rings. The van der Waals surface area contributed by atoms with Crippen molar-refractivity contribution in [3.05, 3.63) is 11.8 Å². The van der Waals surface area contributed by atoms with Crippen LogP contribution in [0.15, 0.2) is 16.8 Å². The Morgan fingerprint density at radius 2 is 2.54 bits per heavy atom. The zero-order valence-electron chi connectivity index (χ0n) is 8.21. The fraction of sp³-hybridized carbons (Fsp3) is 0.667. The van der Waals surface area contributed by atoms with Gasteiger partial charge in [-0.1, -0.05) is 0 Å². The second-order valence-corrected chi connectivity index (χ2v) is 3.05. The quantitative estimate of drug-likeness (QED) is 0.609. The van der Waals surface area contributed by atoms with Gasteiger partial charge in [-0.25, -0.2) is 4.99 Å². The number of ether oxygens (including phenoxy) is 1. The number of hydrogen-bond donors (Lipinski definition) is 2. The van der Waals surface area contributed by atoms with Crippen molar-refractivity contribution in [2.75, 3.05) is 20.3 Å². The van der Waals surface area contributed by atoms with Crippen LogP contribution in [-0.2, 0) is 4.74 Å².